The molecule has 14 heavy (non-hydrogen) atoms. The van der Waals surface area contributed by atoms with E-state index < -0.39 is 11.9 Å². The summed E-state index contributed by atoms with van der Waals surface area (Å²) >= 11 is 0. The first kappa shape index (κ1) is 11.0. The Morgan fingerprint density at radius 1 is 1.36 bits per heavy atom. The molecule has 1 saturated heterocycles. The van der Waals surface area contributed by atoms with Crippen molar-refractivity contribution in [2.45, 2.75) is 13.0 Å². The second-order valence-electron chi connectivity index (χ2n) is 3.60. The zero-order valence-corrected chi connectivity index (χ0v) is 8.82. The average Bonchev–Trinajstić information content (AvgIpc) is 2.15. The third-order valence-electron chi connectivity index (χ3n) is 2.45. The molecular formula is C9H16N2O3. The quantitative estimate of drug-likeness (QED) is 0.384. The summed E-state index contributed by atoms with van der Waals surface area (Å²) in [4.78, 5) is 26.2. The highest BCUT2D eigenvalue weighted by Gasteiger charge is 2.30. The summed E-state index contributed by atoms with van der Waals surface area (Å²) in [6.45, 7) is 4.11. The van der Waals surface area contributed by atoms with Crippen LogP contribution in [0.1, 0.15) is 6.92 Å². The van der Waals surface area contributed by atoms with Crippen LogP contribution in [-0.2, 0) is 14.3 Å². The van der Waals surface area contributed by atoms with Crippen molar-refractivity contribution in [2.75, 3.05) is 33.8 Å². The minimum absolute atomic E-state index is 0.0698. The van der Waals surface area contributed by atoms with Gasteiger partial charge in [-0.1, -0.05) is 0 Å². The van der Waals surface area contributed by atoms with Crippen molar-refractivity contribution in [1.29, 1.82) is 0 Å². The molecule has 0 aromatic carbocycles. The lowest BCUT2D eigenvalue weighted by molar-refractivity contribution is -0.160. The van der Waals surface area contributed by atoms with Gasteiger partial charge in [-0.3, -0.25) is 4.79 Å². The van der Waals surface area contributed by atoms with Crippen LogP contribution in [0.25, 0.3) is 0 Å². The van der Waals surface area contributed by atoms with Gasteiger partial charge in [0, 0.05) is 25.7 Å². The summed E-state index contributed by atoms with van der Waals surface area (Å²) in [7, 11) is 3.22. The molecule has 1 unspecified atom stereocenters. The molecule has 0 N–H and O–H groups in total. The van der Waals surface area contributed by atoms with Crippen LogP contribution < -0.4 is 0 Å². The highest BCUT2D eigenvalue weighted by molar-refractivity contribution is 6.32. The molecule has 0 radical (unpaired) electrons. The fourth-order valence-corrected chi connectivity index (χ4v) is 1.65. The Bertz CT molecular complexity index is 242. The highest BCUT2D eigenvalue weighted by atomic mass is 16.5. The Hall–Kier alpha value is -1.10. The maximum Gasteiger partial charge on any atom is 0.396 e. The van der Waals surface area contributed by atoms with E-state index >= 15 is 0 Å². The number of carbonyl (C=O) groups is 2. The zero-order chi connectivity index (χ0) is 10.7. The molecule has 0 saturated carbocycles. The van der Waals surface area contributed by atoms with Gasteiger partial charge in [0.1, 0.15) is 0 Å². The highest BCUT2D eigenvalue weighted by Crippen LogP contribution is 2.08. The molecule has 1 fully saturated rings. The van der Waals surface area contributed by atoms with Gasteiger partial charge >= 0.3 is 11.9 Å². The Balaban J connectivity index is 2.60. The van der Waals surface area contributed by atoms with Crippen molar-refractivity contribution in [1.82, 2.24) is 9.80 Å². The molecule has 5 heteroatoms. The number of hydrogen-bond acceptors (Lipinski definition) is 4. The number of carbonyl (C=O) groups excluding carboxylic acids is 2. The smallest absolute Gasteiger partial charge is 0.396 e. The van der Waals surface area contributed by atoms with E-state index in [9.17, 15) is 9.59 Å². The topological polar surface area (TPSA) is 49.9 Å². The van der Waals surface area contributed by atoms with Gasteiger partial charge in [0.15, 0.2) is 0 Å². The number of esters is 1. The Morgan fingerprint density at radius 3 is 2.50 bits per heavy atom. The van der Waals surface area contributed by atoms with Crippen LogP contribution >= 0.6 is 0 Å². The van der Waals surface area contributed by atoms with Gasteiger partial charge in [-0.15, -0.1) is 0 Å². The number of amides is 1. The van der Waals surface area contributed by atoms with Crippen LogP contribution in [0.3, 0.4) is 0 Å². The molecule has 0 bridgehead atoms. The summed E-state index contributed by atoms with van der Waals surface area (Å²) < 4.78 is 4.40. The third-order valence-corrected chi connectivity index (χ3v) is 2.45. The van der Waals surface area contributed by atoms with Gasteiger partial charge in [-0.25, -0.2) is 4.79 Å². The number of piperazine rings is 1. The molecule has 1 amide bonds. The van der Waals surface area contributed by atoms with Gasteiger partial charge in [-0.2, -0.15) is 0 Å². The summed E-state index contributed by atoms with van der Waals surface area (Å²) in [5.74, 6) is -1.31. The van der Waals surface area contributed by atoms with Crippen molar-refractivity contribution < 1.29 is 14.3 Å². The second-order valence-corrected chi connectivity index (χ2v) is 3.60. The normalized spacial score (nSPS) is 23.4. The first-order chi connectivity index (χ1) is 6.56. The molecule has 1 heterocycles. The van der Waals surface area contributed by atoms with E-state index in [1.54, 1.807) is 4.90 Å². The summed E-state index contributed by atoms with van der Waals surface area (Å²) in [5, 5.41) is 0. The van der Waals surface area contributed by atoms with Crippen molar-refractivity contribution in [3.8, 4) is 0 Å². The van der Waals surface area contributed by atoms with E-state index in [4.69, 9.17) is 0 Å². The molecule has 0 aromatic rings. The van der Waals surface area contributed by atoms with Crippen molar-refractivity contribution >= 4 is 11.9 Å². The van der Waals surface area contributed by atoms with Crippen molar-refractivity contribution in [3.63, 3.8) is 0 Å². The fraction of sp³-hybridized carbons (Fsp3) is 0.778. The number of methoxy groups -OCH3 is 1. The number of nitrogens with zero attached hydrogens (tertiary/aromatic N) is 2. The van der Waals surface area contributed by atoms with E-state index in [0.29, 0.717) is 6.54 Å². The predicted octanol–water partition coefficient (Wildman–Crippen LogP) is -0.678. The Kier molecular flexibility index (Phi) is 3.46. The lowest BCUT2D eigenvalue weighted by Gasteiger charge is -2.37. The van der Waals surface area contributed by atoms with E-state index in [1.807, 2.05) is 14.0 Å². The average molecular weight is 200 g/mol. The number of ether oxygens (including phenoxy) is 1. The first-order valence-corrected chi connectivity index (χ1v) is 4.63. The maximum atomic E-state index is 11.5. The van der Waals surface area contributed by atoms with E-state index in [2.05, 4.69) is 9.64 Å². The number of hydrogen-bond donors (Lipinski definition) is 0. The fourth-order valence-electron chi connectivity index (χ4n) is 1.65. The van der Waals surface area contributed by atoms with Gasteiger partial charge in [0.05, 0.1) is 7.11 Å². The molecule has 0 spiro atoms. The molecule has 1 aliphatic rings. The SMILES string of the molecule is COC(=O)C(=O)N1CCN(C)CC1C. The molecule has 0 aliphatic carbocycles. The molecule has 1 aliphatic heterocycles. The van der Waals surface area contributed by atoms with Crippen LogP contribution in [0.2, 0.25) is 0 Å². The predicted molar refractivity (Wildman–Crippen MR) is 50.7 cm³/mol. The van der Waals surface area contributed by atoms with Gasteiger partial charge in [0.25, 0.3) is 0 Å². The standard InChI is InChI=1S/C9H16N2O3/c1-7-6-10(2)4-5-11(7)8(12)9(13)14-3/h7H,4-6H2,1-3H3. The maximum absolute atomic E-state index is 11.5. The minimum atomic E-state index is -0.776. The van der Waals surface area contributed by atoms with Crippen molar-refractivity contribution in [2.24, 2.45) is 0 Å². The minimum Gasteiger partial charge on any atom is -0.462 e. The monoisotopic (exact) mass is 200 g/mol. The molecule has 1 atom stereocenters. The van der Waals surface area contributed by atoms with Crippen molar-refractivity contribution in [3.05, 3.63) is 0 Å². The van der Waals surface area contributed by atoms with E-state index in [-0.39, 0.29) is 6.04 Å². The first-order valence-electron chi connectivity index (χ1n) is 4.63. The summed E-state index contributed by atoms with van der Waals surface area (Å²) in [6.07, 6.45) is 0. The zero-order valence-electron chi connectivity index (χ0n) is 8.82. The summed E-state index contributed by atoms with van der Waals surface area (Å²) in [6, 6.07) is 0.0698. The van der Waals surface area contributed by atoms with Crippen LogP contribution in [0.5, 0.6) is 0 Å². The lowest BCUT2D eigenvalue weighted by atomic mass is 10.2. The van der Waals surface area contributed by atoms with Gasteiger partial charge in [0.2, 0.25) is 0 Å². The lowest BCUT2D eigenvalue weighted by Crippen LogP contribution is -2.54. The van der Waals surface area contributed by atoms with Gasteiger partial charge in [-0.05, 0) is 14.0 Å². The van der Waals surface area contributed by atoms with Crippen LogP contribution in [0.15, 0.2) is 0 Å². The van der Waals surface area contributed by atoms with E-state index in [1.165, 1.54) is 7.11 Å². The molecule has 5 nitrogen and oxygen atoms in total. The summed E-state index contributed by atoms with van der Waals surface area (Å²) in [5.41, 5.74) is 0. The van der Waals surface area contributed by atoms with Crippen LogP contribution in [0, 0.1) is 0 Å². The molecule has 80 valence electrons. The largest absolute Gasteiger partial charge is 0.462 e. The Morgan fingerprint density at radius 2 is 2.00 bits per heavy atom. The van der Waals surface area contributed by atoms with Gasteiger partial charge < -0.3 is 14.5 Å². The molecular weight excluding hydrogens is 184 g/mol. The van der Waals surface area contributed by atoms with Crippen LogP contribution in [-0.4, -0.2) is 61.5 Å². The number of rotatable bonds is 0. The molecule has 1 rings (SSSR count). The Labute approximate surface area is 83.6 Å². The van der Waals surface area contributed by atoms with Crippen LogP contribution in [0.4, 0.5) is 0 Å². The second kappa shape index (κ2) is 4.41. The third kappa shape index (κ3) is 2.23. The molecule has 0 aromatic heterocycles. The van der Waals surface area contributed by atoms with E-state index in [0.717, 1.165) is 13.1 Å². The number of likely N-dealkylation sites (N-methyl/N-ethyl adjacent to an activating group) is 1.